The molecule has 4 heteroatoms. The van der Waals surface area contributed by atoms with E-state index < -0.39 is 0 Å². The molecule has 0 unspecified atom stereocenters. The van der Waals surface area contributed by atoms with Crippen LogP contribution in [0.5, 0.6) is 5.75 Å². The number of ether oxygens (including phenoxy) is 1. The molecule has 2 rings (SSSR count). The highest BCUT2D eigenvalue weighted by Crippen LogP contribution is 2.19. The van der Waals surface area contributed by atoms with E-state index in [-0.39, 0.29) is 24.7 Å². The van der Waals surface area contributed by atoms with Gasteiger partial charge >= 0.3 is 0 Å². The van der Waals surface area contributed by atoms with Gasteiger partial charge < -0.3 is 10.1 Å². The summed E-state index contributed by atoms with van der Waals surface area (Å²) in [7, 11) is 0. The van der Waals surface area contributed by atoms with Crippen molar-refractivity contribution in [2.45, 2.75) is 26.8 Å². The standard InChI is InChI=1S/C18H20FNO2/c1-13-7-8-14(2)17(11-13)22-10-9-18(21)20-12-15-5-3-4-6-16(15)19/h3-8,11H,9-10,12H2,1-2H3,(H,20,21). The van der Waals surface area contributed by atoms with Crippen molar-refractivity contribution < 1.29 is 13.9 Å². The van der Waals surface area contributed by atoms with Gasteiger partial charge in [0.25, 0.3) is 0 Å². The number of aryl methyl sites for hydroxylation is 2. The van der Waals surface area contributed by atoms with Gasteiger partial charge in [0, 0.05) is 12.1 Å². The van der Waals surface area contributed by atoms with E-state index in [0.29, 0.717) is 12.2 Å². The van der Waals surface area contributed by atoms with Crippen LogP contribution in [-0.4, -0.2) is 12.5 Å². The van der Waals surface area contributed by atoms with Crippen LogP contribution in [0, 0.1) is 19.7 Å². The second-order valence-corrected chi connectivity index (χ2v) is 5.24. The van der Waals surface area contributed by atoms with Crippen molar-refractivity contribution >= 4 is 5.91 Å². The highest BCUT2D eigenvalue weighted by molar-refractivity contribution is 5.76. The fourth-order valence-corrected chi connectivity index (χ4v) is 2.04. The van der Waals surface area contributed by atoms with E-state index in [9.17, 15) is 9.18 Å². The minimum atomic E-state index is -0.311. The average molecular weight is 301 g/mol. The molecule has 1 amide bonds. The summed E-state index contributed by atoms with van der Waals surface area (Å²) in [6.07, 6.45) is 0.238. The van der Waals surface area contributed by atoms with Crippen LogP contribution in [0.4, 0.5) is 4.39 Å². The maximum absolute atomic E-state index is 13.4. The Bertz CT molecular complexity index is 655. The van der Waals surface area contributed by atoms with Gasteiger partial charge in [-0.05, 0) is 37.1 Å². The van der Waals surface area contributed by atoms with Crippen molar-refractivity contribution in [3.05, 3.63) is 65.0 Å². The van der Waals surface area contributed by atoms with Crippen molar-refractivity contribution in [1.29, 1.82) is 0 Å². The van der Waals surface area contributed by atoms with Gasteiger partial charge in [-0.2, -0.15) is 0 Å². The molecular weight excluding hydrogens is 281 g/mol. The molecule has 0 saturated carbocycles. The summed E-state index contributed by atoms with van der Waals surface area (Å²) in [5.74, 6) is 0.324. The monoisotopic (exact) mass is 301 g/mol. The fourth-order valence-electron chi connectivity index (χ4n) is 2.04. The number of benzene rings is 2. The molecule has 0 spiro atoms. The Morgan fingerprint density at radius 2 is 1.95 bits per heavy atom. The third-order valence-electron chi connectivity index (χ3n) is 3.36. The predicted octanol–water partition coefficient (Wildman–Crippen LogP) is 3.53. The van der Waals surface area contributed by atoms with Gasteiger partial charge in [0.1, 0.15) is 11.6 Å². The molecule has 0 aliphatic carbocycles. The Morgan fingerprint density at radius 1 is 1.18 bits per heavy atom. The first-order valence-electron chi connectivity index (χ1n) is 7.26. The number of hydrogen-bond donors (Lipinski definition) is 1. The Hall–Kier alpha value is -2.36. The molecule has 3 nitrogen and oxygen atoms in total. The van der Waals surface area contributed by atoms with Crippen LogP contribution < -0.4 is 10.1 Å². The van der Waals surface area contributed by atoms with Crippen LogP contribution in [0.2, 0.25) is 0 Å². The zero-order chi connectivity index (χ0) is 15.9. The first kappa shape index (κ1) is 16.0. The van der Waals surface area contributed by atoms with E-state index in [1.165, 1.54) is 6.07 Å². The lowest BCUT2D eigenvalue weighted by Crippen LogP contribution is -2.24. The SMILES string of the molecule is Cc1ccc(C)c(OCCC(=O)NCc2ccccc2F)c1. The minimum absolute atomic E-state index is 0.159. The Morgan fingerprint density at radius 3 is 2.73 bits per heavy atom. The average Bonchev–Trinajstić information content (AvgIpc) is 2.50. The molecule has 116 valence electrons. The quantitative estimate of drug-likeness (QED) is 0.886. The molecule has 0 saturated heterocycles. The number of rotatable bonds is 6. The van der Waals surface area contributed by atoms with Gasteiger partial charge in [-0.25, -0.2) is 4.39 Å². The van der Waals surface area contributed by atoms with Gasteiger partial charge in [0.2, 0.25) is 5.91 Å². The summed E-state index contributed by atoms with van der Waals surface area (Å²) in [6.45, 7) is 4.45. The second kappa shape index (κ2) is 7.59. The lowest BCUT2D eigenvalue weighted by Gasteiger charge is -2.10. The van der Waals surface area contributed by atoms with Crippen LogP contribution >= 0.6 is 0 Å². The summed E-state index contributed by atoms with van der Waals surface area (Å²) >= 11 is 0. The first-order valence-corrected chi connectivity index (χ1v) is 7.26. The molecule has 2 aromatic carbocycles. The highest BCUT2D eigenvalue weighted by atomic mass is 19.1. The number of carbonyl (C=O) groups excluding carboxylic acids is 1. The molecular formula is C18H20FNO2. The summed E-state index contributed by atoms with van der Waals surface area (Å²) in [5, 5.41) is 2.69. The van der Waals surface area contributed by atoms with Crippen molar-refractivity contribution in [3.63, 3.8) is 0 Å². The summed E-state index contributed by atoms with van der Waals surface area (Å²) in [5.41, 5.74) is 2.63. The molecule has 1 N–H and O–H groups in total. The number of carbonyl (C=O) groups is 1. The van der Waals surface area contributed by atoms with Crippen molar-refractivity contribution in [2.24, 2.45) is 0 Å². The zero-order valence-corrected chi connectivity index (χ0v) is 12.9. The Kier molecular flexibility index (Phi) is 5.53. The van der Waals surface area contributed by atoms with Gasteiger partial charge in [0.05, 0.1) is 13.0 Å². The molecule has 0 aromatic heterocycles. The van der Waals surface area contributed by atoms with Crippen LogP contribution in [-0.2, 0) is 11.3 Å². The Balaban J connectivity index is 1.76. The lowest BCUT2D eigenvalue weighted by molar-refractivity contribution is -0.121. The van der Waals surface area contributed by atoms with E-state index in [1.54, 1.807) is 18.2 Å². The number of nitrogens with one attached hydrogen (secondary N) is 1. The van der Waals surface area contributed by atoms with Gasteiger partial charge in [-0.15, -0.1) is 0 Å². The van der Waals surface area contributed by atoms with Crippen LogP contribution in [0.15, 0.2) is 42.5 Å². The molecule has 0 atom stereocenters. The molecule has 0 fully saturated rings. The van der Waals surface area contributed by atoms with Crippen molar-refractivity contribution in [2.75, 3.05) is 6.61 Å². The molecule has 22 heavy (non-hydrogen) atoms. The summed E-state index contributed by atoms with van der Waals surface area (Å²) in [6, 6.07) is 12.4. The van der Waals surface area contributed by atoms with E-state index in [1.807, 2.05) is 32.0 Å². The van der Waals surface area contributed by atoms with Crippen LogP contribution in [0.3, 0.4) is 0 Å². The number of halogens is 1. The predicted molar refractivity (Wildman–Crippen MR) is 84.3 cm³/mol. The smallest absolute Gasteiger partial charge is 0.223 e. The van der Waals surface area contributed by atoms with E-state index in [2.05, 4.69) is 5.32 Å². The minimum Gasteiger partial charge on any atom is -0.493 e. The molecule has 0 bridgehead atoms. The maximum atomic E-state index is 13.4. The number of amides is 1. The molecule has 0 heterocycles. The van der Waals surface area contributed by atoms with Crippen LogP contribution in [0.1, 0.15) is 23.1 Å². The van der Waals surface area contributed by atoms with Gasteiger partial charge in [0.15, 0.2) is 0 Å². The fraction of sp³-hybridized carbons (Fsp3) is 0.278. The normalized spacial score (nSPS) is 10.3. The zero-order valence-electron chi connectivity index (χ0n) is 12.9. The third kappa shape index (κ3) is 4.58. The largest absolute Gasteiger partial charge is 0.493 e. The first-order chi connectivity index (χ1) is 10.6. The molecule has 0 aliphatic rings. The number of hydrogen-bond acceptors (Lipinski definition) is 2. The summed E-state index contributed by atoms with van der Waals surface area (Å²) < 4.78 is 19.0. The topological polar surface area (TPSA) is 38.3 Å². The molecule has 0 radical (unpaired) electrons. The van der Waals surface area contributed by atoms with Crippen LogP contribution in [0.25, 0.3) is 0 Å². The van der Waals surface area contributed by atoms with E-state index in [4.69, 9.17) is 4.74 Å². The van der Waals surface area contributed by atoms with Gasteiger partial charge in [-0.3, -0.25) is 4.79 Å². The summed E-state index contributed by atoms with van der Waals surface area (Å²) in [4.78, 5) is 11.8. The van der Waals surface area contributed by atoms with Crippen molar-refractivity contribution in [3.8, 4) is 5.75 Å². The highest BCUT2D eigenvalue weighted by Gasteiger charge is 2.06. The van der Waals surface area contributed by atoms with Crippen molar-refractivity contribution in [1.82, 2.24) is 5.32 Å². The lowest BCUT2D eigenvalue weighted by atomic mass is 10.1. The van der Waals surface area contributed by atoms with E-state index >= 15 is 0 Å². The molecule has 0 aliphatic heterocycles. The van der Waals surface area contributed by atoms with E-state index in [0.717, 1.165) is 16.9 Å². The van der Waals surface area contributed by atoms with Gasteiger partial charge in [-0.1, -0.05) is 30.3 Å². The Labute approximate surface area is 130 Å². The third-order valence-corrected chi connectivity index (χ3v) is 3.36. The maximum Gasteiger partial charge on any atom is 0.223 e. The second-order valence-electron chi connectivity index (χ2n) is 5.24. The molecule has 2 aromatic rings.